The van der Waals surface area contributed by atoms with E-state index in [9.17, 15) is 13.2 Å². The minimum absolute atomic E-state index is 0.0623. The summed E-state index contributed by atoms with van der Waals surface area (Å²) in [5.74, 6) is 0.0464. The molecule has 28 heavy (non-hydrogen) atoms. The van der Waals surface area contributed by atoms with Crippen LogP contribution in [0.15, 0.2) is 40.6 Å². The van der Waals surface area contributed by atoms with Crippen LogP contribution < -0.4 is 4.74 Å². The lowest BCUT2D eigenvalue weighted by atomic mass is 10.2. The third-order valence-electron chi connectivity index (χ3n) is 4.91. The topological polar surface area (TPSA) is 66.9 Å². The maximum Gasteiger partial charge on any atom is 0.253 e. The van der Waals surface area contributed by atoms with E-state index in [0.717, 1.165) is 30.6 Å². The molecule has 2 heterocycles. The second-order valence-electron chi connectivity index (χ2n) is 6.92. The molecular formula is C20H26N2O4S2. The summed E-state index contributed by atoms with van der Waals surface area (Å²) in [4.78, 5) is 15.6. The minimum Gasteiger partial charge on any atom is -0.495 e. The highest BCUT2D eigenvalue weighted by Gasteiger charge is 2.29. The zero-order chi connectivity index (χ0) is 20.1. The van der Waals surface area contributed by atoms with Crippen molar-refractivity contribution in [2.75, 3.05) is 27.2 Å². The van der Waals surface area contributed by atoms with Crippen molar-refractivity contribution >= 4 is 27.3 Å². The predicted molar refractivity (Wildman–Crippen MR) is 110 cm³/mol. The molecular weight excluding hydrogens is 396 g/mol. The molecule has 3 rings (SSSR count). The molecule has 0 bridgehead atoms. The van der Waals surface area contributed by atoms with Crippen molar-refractivity contribution in [2.45, 2.75) is 37.1 Å². The van der Waals surface area contributed by atoms with E-state index < -0.39 is 10.0 Å². The Bertz CT molecular complexity index is 902. The number of sulfonamides is 1. The molecule has 0 atom stereocenters. The molecule has 1 aromatic heterocycles. The van der Waals surface area contributed by atoms with E-state index in [2.05, 4.69) is 0 Å². The van der Waals surface area contributed by atoms with Gasteiger partial charge in [0, 0.05) is 30.6 Å². The lowest BCUT2D eigenvalue weighted by Gasteiger charge is -2.22. The fourth-order valence-electron chi connectivity index (χ4n) is 3.36. The Morgan fingerprint density at radius 2 is 1.89 bits per heavy atom. The lowest BCUT2D eigenvalue weighted by Crippen LogP contribution is -2.32. The molecule has 0 aliphatic carbocycles. The van der Waals surface area contributed by atoms with Crippen LogP contribution in [0, 0.1) is 0 Å². The molecule has 0 radical (unpaired) electrons. The molecule has 0 N–H and O–H groups in total. The van der Waals surface area contributed by atoms with Crippen molar-refractivity contribution in [3.8, 4) is 5.75 Å². The molecule has 8 heteroatoms. The Morgan fingerprint density at radius 1 is 1.18 bits per heavy atom. The van der Waals surface area contributed by atoms with E-state index in [1.54, 1.807) is 35.4 Å². The van der Waals surface area contributed by atoms with Gasteiger partial charge in [-0.2, -0.15) is 4.31 Å². The van der Waals surface area contributed by atoms with Crippen molar-refractivity contribution in [2.24, 2.45) is 0 Å². The van der Waals surface area contributed by atoms with Gasteiger partial charge >= 0.3 is 0 Å². The monoisotopic (exact) mass is 422 g/mol. The average molecular weight is 423 g/mol. The zero-order valence-electron chi connectivity index (χ0n) is 16.3. The summed E-state index contributed by atoms with van der Waals surface area (Å²) >= 11 is 1.58. The van der Waals surface area contributed by atoms with Gasteiger partial charge in [-0.3, -0.25) is 4.79 Å². The zero-order valence-corrected chi connectivity index (χ0v) is 17.9. The molecule has 1 fully saturated rings. The van der Waals surface area contributed by atoms with Gasteiger partial charge in [-0.25, -0.2) is 8.42 Å². The Hall–Kier alpha value is -1.90. The summed E-state index contributed by atoms with van der Waals surface area (Å²) in [6.45, 7) is 1.49. The van der Waals surface area contributed by atoms with Crippen LogP contribution in [-0.4, -0.2) is 50.8 Å². The maximum atomic E-state index is 13.2. The number of nitrogens with zero attached hydrogens (tertiary/aromatic N) is 2. The van der Waals surface area contributed by atoms with Gasteiger partial charge in [0.2, 0.25) is 10.0 Å². The van der Waals surface area contributed by atoms with Gasteiger partial charge in [0.05, 0.1) is 13.7 Å². The van der Waals surface area contributed by atoms with E-state index >= 15 is 0 Å². The normalized spacial score (nSPS) is 15.8. The number of benzene rings is 1. The highest BCUT2D eigenvalue weighted by Crippen LogP contribution is 2.30. The van der Waals surface area contributed by atoms with E-state index in [4.69, 9.17) is 4.74 Å². The lowest BCUT2D eigenvalue weighted by molar-refractivity contribution is 0.0786. The van der Waals surface area contributed by atoms with E-state index in [1.807, 2.05) is 17.5 Å². The SMILES string of the molecule is COc1ccc(C(=O)N(C)Cc2cccs2)cc1S(=O)(=O)N1CCCCCC1. The smallest absolute Gasteiger partial charge is 0.253 e. The first kappa shape index (κ1) is 20.8. The predicted octanol–water partition coefficient (Wildman–Crippen LogP) is 3.59. The number of carbonyl (C=O) groups is 1. The fourth-order valence-corrected chi connectivity index (χ4v) is 5.82. The van der Waals surface area contributed by atoms with Crippen molar-refractivity contribution in [3.05, 3.63) is 46.2 Å². The van der Waals surface area contributed by atoms with Crippen molar-refractivity contribution in [1.29, 1.82) is 0 Å². The number of carbonyl (C=O) groups excluding carboxylic acids is 1. The summed E-state index contributed by atoms with van der Waals surface area (Å²) in [6, 6.07) is 8.55. The van der Waals surface area contributed by atoms with Crippen LogP contribution in [0.3, 0.4) is 0 Å². The standard InChI is InChI=1S/C20H26N2O4S2/c1-21(15-17-8-7-13-27-17)20(23)16-9-10-18(26-2)19(14-16)28(24,25)22-11-5-3-4-6-12-22/h7-10,13-14H,3-6,11-12,15H2,1-2H3. The minimum atomic E-state index is -3.72. The number of hydrogen-bond donors (Lipinski definition) is 0. The van der Waals surface area contributed by atoms with E-state index in [1.165, 1.54) is 17.5 Å². The Kier molecular flexibility index (Phi) is 6.74. The highest BCUT2D eigenvalue weighted by atomic mass is 32.2. The second kappa shape index (κ2) is 9.07. The highest BCUT2D eigenvalue weighted by molar-refractivity contribution is 7.89. The number of hydrogen-bond acceptors (Lipinski definition) is 5. The molecule has 2 aromatic rings. The van der Waals surface area contributed by atoms with Crippen molar-refractivity contribution < 1.29 is 17.9 Å². The number of thiophene rings is 1. The fraction of sp³-hybridized carbons (Fsp3) is 0.450. The second-order valence-corrected chi connectivity index (χ2v) is 9.86. The molecule has 0 unspecified atom stereocenters. The third-order valence-corrected chi connectivity index (χ3v) is 7.69. The molecule has 1 aliphatic heterocycles. The molecule has 0 saturated carbocycles. The number of methoxy groups -OCH3 is 1. The number of amides is 1. The van der Waals surface area contributed by atoms with Crippen LogP contribution in [0.5, 0.6) is 5.75 Å². The van der Waals surface area contributed by atoms with Gasteiger partial charge in [-0.15, -0.1) is 11.3 Å². The van der Waals surface area contributed by atoms with Crippen LogP contribution in [0.1, 0.15) is 40.9 Å². The quantitative estimate of drug-likeness (QED) is 0.713. The van der Waals surface area contributed by atoms with Gasteiger partial charge < -0.3 is 9.64 Å². The number of ether oxygens (including phenoxy) is 1. The molecule has 1 aliphatic rings. The molecule has 1 aromatic carbocycles. The Balaban J connectivity index is 1.89. The first-order chi connectivity index (χ1) is 13.4. The summed E-state index contributed by atoms with van der Waals surface area (Å²) < 4.78 is 33.3. The first-order valence-corrected chi connectivity index (χ1v) is 11.7. The van der Waals surface area contributed by atoms with Gasteiger partial charge in [-0.05, 0) is 42.5 Å². The van der Waals surface area contributed by atoms with Crippen LogP contribution in [0.2, 0.25) is 0 Å². The molecule has 1 amide bonds. The average Bonchev–Trinajstić information content (AvgIpc) is 3.04. The van der Waals surface area contributed by atoms with Gasteiger partial charge in [0.15, 0.2) is 0 Å². The van der Waals surface area contributed by atoms with Crippen LogP contribution >= 0.6 is 11.3 Å². The Labute approximate surface area is 170 Å². The maximum absolute atomic E-state index is 13.2. The summed E-state index contributed by atoms with van der Waals surface area (Å²) in [7, 11) is -0.557. The third kappa shape index (κ3) is 4.56. The van der Waals surface area contributed by atoms with Crippen LogP contribution in [-0.2, 0) is 16.6 Å². The van der Waals surface area contributed by atoms with Gasteiger partial charge in [-0.1, -0.05) is 18.9 Å². The summed E-state index contributed by atoms with van der Waals surface area (Å²) in [5, 5.41) is 1.97. The Morgan fingerprint density at radius 3 is 2.50 bits per heavy atom. The van der Waals surface area contributed by atoms with Gasteiger partial charge in [0.1, 0.15) is 10.6 Å². The summed E-state index contributed by atoms with van der Waals surface area (Å²) in [5.41, 5.74) is 0.341. The molecule has 1 saturated heterocycles. The van der Waals surface area contributed by atoms with Crippen molar-refractivity contribution in [1.82, 2.24) is 9.21 Å². The van der Waals surface area contributed by atoms with E-state index in [-0.39, 0.29) is 16.6 Å². The van der Waals surface area contributed by atoms with Gasteiger partial charge in [0.25, 0.3) is 5.91 Å². The molecule has 152 valence electrons. The first-order valence-electron chi connectivity index (χ1n) is 9.39. The van der Waals surface area contributed by atoms with E-state index in [0.29, 0.717) is 25.2 Å². The van der Waals surface area contributed by atoms with Crippen molar-refractivity contribution in [3.63, 3.8) is 0 Å². The van der Waals surface area contributed by atoms with Crippen LogP contribution in [0.4, 0.5) is 0 Å². The summed E-state index contributed by atoms with van der Waals surface area (Å²) in [6.07, 6.45) is 3.78. The molecule has 6 nitrogen and oxygen atoms in total. The van der Waals surface area contributed by atoms with Crippen LogP contribution in [0.25, 0.3) is 0 Å². The largest absolute Gasteiger partial charge is 0.495 e. The number of rotatable bonds is 6. The molecule has 0 spiro atoms.